The fraction of sp³-hybridized carbons (Fsp3) is 0.350. The Morgan fingerprint density at radius 2 is 1.42 bits per heavy atom. The van der Waals surface area contributed by atoms with Crippen LogP contribution in [-0.4, -0.2) is 48.0 Å². The normalized spacial score (nSPS) is 11.5. The van der Waals surface area contributed by atoms with Crippen LogP contribution in [0.25, 0.3) is 0 Å². The number of nitrogens with one attached hydrogen (secondary N) is 2. The molecule has 0 bridgehead atoms. The Bertz CT molecular complexity index is 920. The van der Waals surface area contributed by atoms with E-state index in [2.05, 4.69) is 68.4 Å². The van der Waals surface area contributed by atoms with E-state index in [9.17, 15) is 14.4 Å². The molecule has 2 aromatic rings. The predicted octanol–water partition coefficient (Wildman–Crippen LogP) is 3.11. The Kier molecular flexibility index (Phi) is 10.6. The summed E-state index contributed by atoms with van der Waals surface area (Å²) in [7, 11) is 1.26. The highest BCUT2D eigenvalue weighted by Crippen LogP contribution is 2.12. The third kappa shape index (κ3) is 7.65. The maximum Gasteiger partial charge on any atom is 0.312 e. The molecule has 8 nitrogen and oxygen atoms in total. The number of alkyl halides is 3. The second-order valence-electron chi connectivity index (χ2n) is 6.42. The Labute approximate surface area is 205 Å². The second-order valence-corrected chi connectivity index (χ2v) is 8.10. The lowest BCUT2D eigenvalue weighted by Gasteiger charge is -2.17. The number of rotatable bonds is 10. The molecule has 0 saturated carbocycles. The van der Waals surface area contributed by atoms with Gasteiger partial charge in [0.15, 0.2) is 0 Å². The van der Waals surface area contributed by atoms with Crippen molar-refractivity contribution in [1.82, 2.24) is 20.6 Å². The van der Waals surface area contributed by atoms with Gasteiger partial charge in [0, 0.05) is 46.4 Å². The van der Waals surface area contributed by atoms with E-state index in [1.165, 1.54) is 7.11 Å². The van der Waals surface area contributed by atoms with E-state index in [1.54, 1.807) is 30.5 Å². The number of ether oxygens (including phenoxy) is 1. The van der Waals surface area contributed by atoms with Gasteiger partial charge in [-0.05, 0) is 24.3 Å². The highest BCUT2D eigenvalue weighted by Gasteiger charge is 2.22. The van der Waals surface area contributed by atoms with Gasteiger partial charge in [0.05, 0.1) is 30.1 Å². The number of hydrogen-bond acceptors (Lipinski definition) is 6. The first kappa shape index (κ1) is 25.4. The first-order chi connectivity index (χ1) is 14.9. The topological polar surface area (TPSA) is 110 Å². The minimum Gasteiger partial charge on any atom is -0.469 e. The molecule has 11 heteroatoms. The molecular weight excluding hydrogens is 600 g/mol. The molecule has 1 unspecified atom stereocenters. The number of hydrogen-bond donors (Lipinski definition) is 2. The number of carbonyl (C=O) groups is 3. The summed E-state index contributed by atoms with van der Waals surface area (Å²) in [5, 5.41) is 6.98. The van der Waals surface area contributed by atoms with E-state index in [1.807, 2.05) is 0 Å². The van der Waals surface area contributed by atoms with Crippen LogP contribution in [-0.2, 0) is 25.5 Å². The van der Waals surface area contributed by atoms with Crippen molar-refractivity contribution in [2.45, 2.75) is 16.0 Å². The Balaban J connectivity index is 2.02. The minimum atomic E-state index is -0.747. The average molecular weight is 621 g/mol. The van der Waals surface area contributed by atoms with Gasteiger partial charge in [0.1, 0.15) is 0 Å². The molecule has 0 aliphatic carbocycles. The molecule has 2 amide bonds. The summed E-state index contributed by atoms with van der Waals surface area (Å²) in [6.45, 7) is 0.0117. The number of nitrogens with zero attached hydrogens (tertiary/aromatic N) is 2. The van der Waals surface area contributed by atoms with Gasteiger partial charge in [-0.25, -0.2) is 0 Å². The number of amides is 2. The van der Waals surface area contributed by atoms with Crippen LogP contribution in [0.2, 0.25) is 0 Å². The molecule has 0 aromatic carbocycles. The molecular formula is C20H21Br3N4O4. The van der Waals surface area contributed by atoms with Gasteiger partial charge >= 0.3 is 5.97 Å². The van der Waals surface area contributed by atoms with Crippen molar-refractivity contribution < 1.29 is 19.1 Å². The fourth-order valence-electron chi connectivity index (χ4n) is 2.65. The largest absolute Gasteiger partial charge is 0.469 e. The van der Waals surface area contributed by atoms with Crippen molar-refractivity contribution in [3.63, 3.8) is 0 Å². The zero-order valence-corrected chi connectivity index (χ0v) is 21.4. The zero-order chi connectivity index (χ0) is 22.8. The summed E-state index contributed by atoms with van der Waals surface area (Å²) in [4.78, 5) is 45.7. The summed E-state index contributed by atoms with van der Waals surface area (Å²) in [6.07, 6.45) is 1.54. The lowest BCUT2D eigenvalue weighted by atomic mass is 10.1. The maximum absolute atomic E-state index is 12.6. The molecule has 0 aliphatic rings. The predicted molar refractivity (Wildman–Crippen MR) is 127 cm³/mol. The molecule has 0 aliphatic heterocycles. The second kappa shape index (κ2) is 12.9. The Morgan fingerprint density at radius 3 is 1.94 bits per heavy atom. The first-order valence-corrected chi connectivity index (χ1v) is 12.5. The lowest BCUT2D eigenvalue weighted by molar-refractivity contribution is -0.144. The van der Waals surface area contributed by atoms with Gasteiger partial charge in [-0.1, -0.05) is 47.8 Å². The van der Waals surface area contributed by atoms with Crippen LogP contribution in [0.3, 0.4) is 0 Å². The smallest absolute Gasteiger partial charge is 0.312 e. The van der Waals surface area contributed by atoms with Crippen molar-refractivity contribution in [2.24, 2.45) is 5.92 Å². The van der Waals surface area contributed by atoms with Crippen LogP contribution < -0.4 is 10.6 Å². The lowest BCUT2D eigenvalue weighted by Crippen LogP contribution is -2.41. The summed E-state index contributed by atoms with van der Waals surface area (Å²) in [5.41, 5.74) is 3.02. The van der Waals surface area contributed by atoms with Crippen LogP contribution >= 0.6 is 47.8 Å². The maximum atomic E-state index is 12.6. The third-order valence-electron chi connectivity index (χ3n) is 4.24. The molecule has 0 radical (unpaired) electrons. The number of pyridine rings is 2. The minimum absolute atomic E-state index is 0.00436. The number of aromatic nitrogens is 2. The van der Waals surface area contributed by atoms with Crippen LogP contribution in [0.1, 0.15) is 37.8 Å². The number of esters is 1. The van der Waals surface area contributed by atoms with Crippen molar-refractivity contribution in [3.8, 4) is 0 Å². The van der Waals surface area contributed by atoms with E-state index in [0.717, 1.165) is 11.4 Å². The summed E-state index contributed by atoms with van der Waals surface area (Å²) in [6, 6.07) is 6.60. The summed E-state index contributed by atoms with van der Waals surface area (Å²) >= 11 is 9.98. The quantitative estimate of drug-likeness (QED) is 0.312. The van der Waals surface area contributed by atoms with Crippen LogP contribution in [0.15, 0.2) is 30.5 Å². The third-order valence-corrected chi connectivity index (χ3v) is 5.96. The van der Waals surface area contributed by atoms with Crippen LogP contribution in [0.5, 0.6) is 0 Å². The molecule has 166 valence electrons. The highest BCUT2D eigenvalue weighted by atomic mass is 79.9. The SMILES string of the molecule is COC(=O)C(CNC(=O)c1ccnc(CBr)c1)CNC(=O)c1cc(CBr)nc(CBr)c1. The molecule has 31 heavy (non-hydrogen) atoms. The molecule has 2 N–H and O–H groups in total. The highest BCUT2D eigenvalue weighted by molar-refractivity contribution is 9.09. The van der Waals surface area contributed by atoms with Crippen LogP contribution in [0, 0.1) is 5.92 Å². The van der Waals surface area contributed by atoms with Gasteiger partial charge in [0.25, 0.3) is 11.8 Å². The zero-order valence-electron chi connectivity index (χ0n) is 16.7. The van der Waals surface area contributed by atoms with Gasteiger partial charge in [-0.3, -0.25) is 24.4 Å². The Morgan fingerprint density at radius 1 is 0.903 bits per heavy atom. The van der Waals surface area contributed by atoms with Gasteiger partial charge in [-0.15, -0.1) is 0 Å². The van der Waals surface area contributed by atoms with Crippen molar-refractivity contribution in [2.75, 3.05) is 20.2 Å². The molecule has 0 saturated heterocycles. The fourth-order valence-corrected chi connectivity index (χ4v) is 3.53. The van der Waals surface area contributed by atoms with Gasteiger partial charge in [-0.2, -0.15) is 0 Å². The molecule has 2 rings (SSSR count). The van der Waals surface area contributed by atoms with E-state index < -0.39 is 11.9 Å². The van der Waals surface area contributed by atoms with Crippen molar-refractivity contribution in [1.29, 1.82) is 0 Å². The van der Waals surface area contributed by atoms with Crippen molar-refractivity contribution in [3.05, 3.63) is 58.7 Å². The Hall–Kier alpha value is -1.85. The molecule has 2 heterocycles. The van der Waals surface area contributed by atoms with E-state index in [4.69, 9.17) is 4.74 Å². The standard InChI is InChI=1S/C20H21Br3N4O4/c1-31-20(30)14(10-25-18(28)12-2-3-24-15(4-12)7-21)11-26-19(29)13-5-16(8-22)27-17(6-13)9-23/h2-6,14H,7-11H2,1H3,(H,25,28)(H,26,29). The van der Waals surface area contributed by atoms with E-state index >= 15 is 0 Å². The number of carbonyl (C=O) groups excluding carboxylic acids is 3. The number of halogens is 3. The average Bonchev–Trinajstić information content (AvgIpc) is 2.82. The first-order valence-electron chi connectivity index (χ1n) is 9.18. The number of methoxy groups -OCH3 is 1. The molecule has 2 aromatic heterocycles. The van der Waals surface area contributed by atoms with E-state index in [0.29, 0.717) is 32.8 Å². The van der Waals surface area contributed by atoms with Gasteiger partial charge in [0.2, 0.25) is 0 Å². The summed E-state index contributed by atoms with van der Waals surface area (Å²) in [5.74, 6) is -1.97. The molecule has 0 fully saturated rings. The summed E-state index contributed by atoms with van der Waals surface area (Å²) < 4.78 is 4.82. The van der Waals surface area contributed by atoms with Crippen molar-refractivity contribution >= 4 is 65.6 Å². The monoisotopic (exact) mass is 618 g/mol. The van der Waals surface area contributed by atoms with Crippen LogP contribution in [0.4, 0.5) is 0 Å². The van der Waals surface area contributed by atoms with Gasteiger partial charge < -0.3 is 15.4 Å². The van der Waals surface area contributed by atoms with E-state index in [-0.39, 0.29) is 24.9 Å². The molecule has 0 spiro atoms. The molecule has 1 atom stereocenters.